The second-order valence-electron chi connectivity index (χ2n) is 17.2. The topological polar surface area (TPSA) is 323 Å². The number of aryl methyl sites for hydroxylation is 2. The number of phenols is 1. The lowest BCUT2D eigenvalue weighted by Crippen LogP contribution is -2.56. The van der Waals surface area contributed by atoms with Crippen LogP contribution in [0, 0.1) is 25.2 Å². The minimum atomic E-state index is -4.25. The molecule has 2 aliphatic rings. The van der Waals surface area contributed by atoms with Crippen molar-refractivity contribution in [3.8, 4) is 45.8 Å². The Hall–Kier alpha value is -7.19. The summed E-state index contributed by atoms with van der Waals surface area (Å²) in [6.07, 6.45) is 5.22. The quantitative estimate of drug-likeness (QED) is 0.0744. The van der Waals surface area contributed by atoms with E-state index in [2.05, 4.69) is 36.0 Å². The first-order chi connectivity index (χ1) is 33.4. The third-order valence-electron chi connectivity index (χ3n) is 12.0. The number of nitrogens with zero attached hydrogens (tertiary/aromatic N) is 4. The van der Waals surface area contributed by atoms with Crippen molar-refractivity contribution in [3.63, 3.8) is 0 Å². The second-order valence-corrected chi connectivity index (χ2v) is 18.6. The number of rotatable bonds is 16. The van der Waals surface area contributed by atoms with Crippen LogP contribution in [0.4, 0.5) is 0 Å². The number of amides is 5. The molecule has 4 atom stereocenters. The lowest BCUT2D eigenvalue weighted by atomic mass is 9.93. The lowest BCUT2D eigenvalue weighted by Gasteiger charge is -2.32. The Bertz CT molecular complexity index is 2720. The Labute approximate surface area is 406 Å². The van der Waals surface area contributed by atoms with E-state index in [0.29, 0.717) is 17.0 Å². The zero-order valence-corrected chi connectivity index (χ0v) is 40.2. The number of carbonyl (C=O) groups is 5. The van der Waals surface area contributed by atoms with Crippen LogP contribution in [-0.4, -0.2) is 115 Å². The highest BCUT2D eigenvalue weighted by atomic mass is 32.2. The normalized spacial score (nSPS) is 17.9. The summed E-state index contributed by atoms with van der Waals surface area (Å²) in [4.78, 5) is 80.9. The smallest absolute Gasteiger partial charge is 0.274 e. The Morgan fingerprint density at radius 2 is 1.67 bits per heavy atom. The third-order valence-corrected chi connectivity index (χ3v) is 12.6. The SMILES string of the molecule is Cc1nc(-c2ccc(OC3CCCCC3)cc2)nc(C)c1C(=O)NC(CCNS(N)(=O)=O)C(=O)N(C)[C@@H]1C(=O)N[C@@H](C)C(=O)N[C@H](C(=O)NCC#N)Cc2ccc(O)c(c2)-c2cc1ccc2OCCN. The highest BCUT2D eigenvalue weighted by molar-refractivity contribution is 7.87. The first-order valence-electron chi connectivity index (χ1n) is 22.9. The van der Waals surface area contributed by atoms with Gasteiger partial charge in [0.25, 0.3) is 16.1 Å². The van der Waals surface area contributed by atoms with Crippen LogP contribution >= 0.6 is 0 Å². The number of benzene rings is 3. The Morgan fingerprint density at radius 1 is 0.971 bits per heavy atom. The molecule has 4 aromatic rings. The van der Waals surface area contributed by atoms with Crippen LogP contribution in [0.15, 0.2) is 60.7 Å². The number of carbonyl (C=O) groups excluding carboxylic acids is 5. The molecule has 10 N–H and O–H groups in total. The second kappa shape index (κ2) is 23.4. The molecule has 1 aliphatic carbocycles. The van der Waals surface area contributed by atoms with E-state index in [-0.39, 0.29) is 83.8 Å². The number of ether oxygens (including phenoxy) is 2. The summed E-state index contributed by atoms with van der Waals surface area (Å²) in [6.45, 7) is 4.02. The molecule has 372 valence electrons. The maximum absolute atomic E-state index is 14.9. The number of nitrogens with one attached hydrogen (secondary N) is 5. The fourth-order valence-corrected chi connectivity index (χ4v) is 8.89. The van der Waals surface area contributed by atoms with Crippen molar-refractivity contribution in [2.24, 2.45) is 10.9 Å². The third kappa shape index (κ3) is 13.3. The number of hydrogen-bond donors (Lipinski definition) is 8. The van der Waals surface area contributed by atoms with Crippen LogP contribution in [-0.2, 0) is 35.8 Å². The molecule has 1 unspecified atom stereocenters. The number of nitrogens with two attached hydrogens (primary N) is 2. The van der Waals surface area contributed by atoms with Crippen molar-refractivity contribution < 1.29 is 47.0 Å². The number of nitriles is 1. The molecule has 22 heteroatoms. The van der Waals surface area contributed by atoms with Crippen LogP contribution < -0.4 is 46.3 Å². The molecule has 70 heavy (non-hydrogen) atoms. The molecule has 4 bridgehead atoms. The zero-order chi connectivity index (χ0) is 50.7. The van der Waals surface area contributed by atoms with E-state index in [1.807, 2.05) is 30.3 Å². The van der Waals surface area contributed by atoms with Crippen LogP contribution in [0.3, 0.4) is 0 Å². The van der Waals surface area contributed by atoms with E-state index in [0.717, 1.165) is 36.3 Å². The van der Waals surface area contributed by atoms with Gasteiger partial charge in [-0.05, 0) is 113 Å². The van der Waals surface area contributed by atoms with Crippen molar-refractivity contribution in [1.82, 2.24) is 40.9 Å². The number of likely N-dealkylation sites (N-methyl/N-ethyl adjacent to an activating group) is 1. The average molecular weight is 982 g/mol. The predicted molar refractivity (Wildman–Crippen MR) is 257 cm³/mol. The average Bonchev–Trinajstić information content (AvgIpc) is 3.32. The number of aromatic nitrogens is 2. The van der Waals surface area contributed by atoms with Gasteiger partial charge in [0, 0.05) is 43.2 Å². The van der Waals surface area contributed by atoms with Crippen LogP contribution in [0.5, 0.6) is 17.2 Å². The molecule has 3 aromatic carbocycles. The molecule has 2 heterocycles. The minimum Gasteiger partial charge on any atom is -0.507 e. The molecular weight excluding hydrogens is 923 g/mol. The highest BCUT2D eigenvalue weighted by Gasteiger charge is 2.37. The van der Waals surface area contributed by atoms with Gasteiger partial charge >= 0.3 is 0 Å². The summed E-state index contributed by atoms with van der Waals surface area (Å²) < 4.78 is 38.2. The maximum Gasteiger partial charge on any atom is 0.274 e. The summed E-state index contributed by atoms with van der Waals surface area (Å²) in [5, 5.41) is 36.0. The zero-order valence-electron chi connectivity index (χ0n) is 39.4. The van der Waals surface area contributed by atoms with Gasteiger partial charge in [0.1, 0.15) is 54.6 Å². The Kier molecular flexibility index (Phi) is 17.5. The van der Waals surface area contributed by atoms with Gasteiger partial charge in [-0.1, -0.05) is 18.6 Å². The van der Waals surface area contributed by atoms with Crippen molar-refractivity contribution in [3.05, 3.63) is 88.7 Å². The van der Waals surface area contributed by atoms with Crippen LogP contribution in [0.2, 0.25) is 0 Å². The van der Waals surface area contributed by atoms with Crippen LogP contribution in [0.25, 0.3) is 22.5 Å². The van der Waals surface area contributed by atoms with E-state index in [1.54, 1.807) is 26.0 Å². The molecule has 1 aromatic heterocycles. The molecule has 0 saturated heterocycles. The summed E-state index contributed by atoms with van der Waals surface area (Å²) >= 11 is 0. The van der Waals surface area contributed by atoms with Crippen molar-refractivity contribution in [1.29, 1.82) is 5.26 Å². The van der Waals surface area contributed by atoms with Gasteiger partial charge in [-0.2, -0.15) is 13.7 Å². The molecule has 1 aliphatic heterocycles. The van der Waals surface area contributed by atoms with E-state index in [1.165, 1.54) is 44.7 Å². The maximum atomic E-state index is 14.9. The van der Waals surface area contributed by atoms with E-state index in [9.17, 15) is 37.5 Å². The van der Waals surface area contributed by atoms with Gasteiger partial charge < -0.3 is 46.5 Å². The summed E-state index contributed by atoms with van der Waals surface area (Å²) in [5.74, 6) is -2.88. The Balaban J connectivity index is 1.35. The first-order valence-corrected chi connectivity index (χ1v) is 24.4. The first kappa shape index (κ1) is 52.2. The molecule has 21 nitrogen and oxygen atoms in total. The van der Waals surface area contributed by atoms with Crippen LogP contribution in [0.1, 0.15) is 84.4 Å². The van der Waals surface area contributed by atoms with Crippen molar-refractivity contribution in [2.45, 2.75) is 96.0 Å². The molecule has 5 amide bonds. The van der Waals surface area contributed by atoms with E-state index < -0.39 is 70.5 Å². The Morgan fingerprint density at radius 3 is 2.33 bits per heavy atom. The van der Waals surface area contributed by atoms with Gasteiger partial charge in [0.05, 0.1) is 29.1 Å². The molecule has 6 rings (SSSR count). The number of hydrogen-bond acceptors (Lipinski definition) is 14. The fourth-order valence-electron chi connectivity index (χ4n) is 8.49. The summed E-state index contributed by atoms with van der Waals surface area (Å²) in [6, 6.07) is 12.7. The molecule has 0 spiro atoms. The fraction of sp³-hybridized carbons (Fsp3) is 0.417. The standard InChI is InChI=1S/C48H59N11O10S/c1-27-41(28(2)55-43(54-27)31-11-14-34(15-12-31)69-33-8-6-5-7-9-33)46(63)57-37(18-21-53-70(51,66)67)48(65)59(4)42-32-13-17-40(68-23-20-50)36(26-32)35-24-30(10-16-39(35)60)25-38(45(62)52-22-19-49)58-44(61)29(3)56-47(42)64/h10-17,24,26,29,33,37-38,42,53,60H,5-9,18,20-23,25,50H2,1-4H3,(H,52,62)(H,56,64)(H,57,63)(H,58,61)(H2,51,66,67)/t29-,37?,38-,42-/m0/s1. The molecule has 1 saturated carbocycles. The molecular formula is C48H59N11O10S. The number of phenolic OH excluding ortho intramolecular Hbond substituents is 1. The molecule has 0 radical (unpaired) electrons. The largest absolute Gasteiger partial charge is 0.507 e. The molecule has 1 fully saturated rings. The summed E-state index contributed by atoms with van der Waals surface area (Å²) in [5.41, 5.74) is 8.20. The van der Waals surface area contributed by atoms with E-state index in [4.69, 9.17) is 25.6 Å². The van der Waals surface area contributed by atoms with Crippen molar-refractivity contribution in [2.75, 3.05) is 33.3 Å². The van der Waals surface area contributed by atoms with Crippen molar-refractivity contribution >= 4 is 39.7 Å². The highest BCUT2D eigenvalue weighted by Crippen LogP contribution is 2.40. The van der Waals surface area contributed by atoms with Gasteiger partial charge in [0.2, 0.25) is 23.6 Å². The predicted octanol–water partition coefficient (Wildman–Crippen LogP) is 1.85. The minimum absolute atomic E-state index is 0.0517. The van der Waals surface area contributed by atoms with E-state index >= 15 is 0 Å². The monoisotopic (exact) mass is 981 g/mol. The lowest BCUT2D eigenvalue weighted by molar-refractivity contribution is -0.141. The van der Waals surface area contributed by atoms with Gasteiger partial charge in [0.15, 0.2) is 5.82 Å². The van der Waals surface area contributed by atoms with Gasteiger partial charge in [-0.25, -0.2) is 19.8 Å². The summed E-state index contributed by atoms with van der Waals surface area (Å²) in [7, 11) is -2.96. The number of aromatic hydroxyl groups is 1. The van der Waals surface area contributed by atoms with Gasteiger partial charge in [-0.15, -0.1) is 0 Å². The van der Waals surface area contributed by atoms with Gasteiger partial charge in [-0.3, -0.25) is 24.0 Å². The number of fused-ring (bicyclic) bond motifs is 5.